The number of nitrogens with zero attached hydrogens (tertiary/aromatic N) is 3. The zero-order chi connectivity index (χ0) is 25.1. The molecule has 3 N–H and O–H groups in total. The largest absolute Gasteiger partial charge is 0.478 e. The summed E-state index contributed by atoms with van der Waals surface area (Å²) in [5.74, 6) is -1.45. The predicted molar refractivity (Wildman–Crippen MR) is 128 cm³/mol. The molecule has 35 heavy (non-hydrogen) atoms. The fraction of sp³-hybridized carbons (Fsp3) is 0.280. The molecule has 0 bridgehead atoms. The van der Waals surface area contributed by atoms with E-state index in [1.807, 2.05) is 13.8 Å². The van der Waals surface area contributed by atoms with Crippen molar-refractivity contribution in [3.63, 3.8) is 0 Å². The third-order valence-corrected chi connectivity index (χ3v) is 5.91. The monoisotopic (exact) mass is 479 g/mol. The van der Waals surface area contributed by atoms with Crippen LogP contribution in [0.2, 0.25) is 0 Å². The van der Waals surface area contributed by atoms with Crippen molar-refractivity contribution in [2.45, 2.75) is 38.6 Å². The van der Waals surface area contributed by atoms with E-state index in [-0.39, 0.29) is 23.2 Å². The van der Waals surface area contributed by atoms with E-state index in [0.717, 1.165) is 0 Å². The van der Waals surface area contributed by atoms with Crippen LogP contribution in [0.15, 0.2) is 54.7 Å². The smallest absolute Gasteiger partial charge is 0.335 e. The van der Waals surface area contributed by atoms with Crippen LogP contribution in [0.25, 0.3) is 5.69 Å². The number of halogens is 1. The van der Waals surface area contributed by atoms with Gasteiger partial charge in [0.15, 0.2) is 5.82 Å². The van der Waals surface area contributed by atoms with E-state index in [1.165, 1.54) is 27.8 Å². The molecule has 1 fully saturated rings. The van der Waals surface area contributed by atoms with Crippen LogP contribution >= 0.6 is 0 Å². The quantitative estimate of drug-likeness (QED) is 0.482. The number of anilines is 2. The summed E-state index contributed by atoms with van der Waals surface area (Å²) in [5.41, 5.74) is 1.69. The number of carboxylic acid groups (broad SMARTS) is 1. The zero-order valence-corrected chi connectivity index (χ0v) is 19.4. The van der Waals surface area contributed by atoms with E-state index in [4.69, 9.17) is 5.11 Å². The summed E-state index contributed by atoms with van der Waals surface area (Å²) >= 11 is 0. The number of urea groups is 1. The topological polar surface area (TPSA) is 117 Å². The number of aromatic nitrogens is 2. The van der Waals surface area contributed by atoms with Gasteiger partial charge in [-0.15, -0.1) is 0 Å². The molecule has 0 aliphatic carbocycles. The average Bonchev–Trinajstić information content (AvgIpc) is 3.49. The molecule has 1 aliphatic heterocycles. The van der Waals surface area contributed by atoms with Crippen LogP contribution in [0, 0.1) is 5.82 Å². The number of carbonyl (C=O) groups excluding carboxylic acids is 2. The van der Waals surface area contributed by atoms with Crippen molar-refractivity contribution in [2.75, 3.05) is 17.2 Å². The van der Waals surface area contributed by atoms with Crippen molar-refractivity contribution >= 4 is 29.4 Å². The van der Waals surface area contributed by atoms with Crippen molar-refractivity contribution in [2.24, 2.45) is 0 Å². The fourth-order valence-electron chi connectivity index (χ4n) is 4.05. The molecule has 3 amide bonds. The van der Waals surface area contributed by atoms with Crippen molar-refractivity contribution in [3.8, 4) is 5.69 Å². The molecule has 0 unspecified atom stereocenters. The molecule has 2 aromatic carbocycles. The van der Waals surface area contributed by atoms with Gasteiger partial charge in [-0.1, -0.05) is 19.9 Å². The molecule has 4 rings (SSSR count). The summed E-state index contributed by atoms with van der Waals surface area (Å²) in [6.07, 6.45) is 2.80. The van der Waals surface area contributed by atoms with E-state index in [2.05, 4.69) is 15.7 Å². The lowest BCUT2D eigenvalue weighted by Crippen LogP contribution is -2.45. The Hall–Kier alpha value is -4.21. The molecule has 9 nitrogen and oxygen atoms in total. The Morgan fingerprint density at radius 2 is 1.83 bits per heavy atom. The number of carbonyl (C=O) groups is 3. The van der Waals surface area contributed by atoms with Crippen molar-refractivity contribution in [1.82, 2.24) is 14.7 Å². The third-order valence-electron chi connectivity index (χ3n) is 5.91. The lowest BCUT2D eigenvalue weighted by Gasteiger charge is -2.24. The number of likely N-dealkylation sites (tertiary alicyclic amines) is 1. The van der Waals surface area contributed by atoms with Crippen LogP contribution in [-0.2, 0) is 4.79 Å². The standard InChI is InChI=1S/C25H26FN5O4/c1-15(2)19-10-7-17(14-20(19)26)27-25(35)30-12-3-4-21(30)23(32)28-22-11-13-31(29-22)18-8-5-16(6-9-18)24(33)34/h5-11,13-15,21H,3-4,12H2,1-2H3,(H,27,35)(H,33,34)(H,28,29,32)/t21-/m0/s1. The Morgan fingerprint density at radius 3 is 2.49 bits per heavy atom. The van der Waals surface area contributed by atoms with Gasteiger partial charge in [-0.25, -0.2) is 18.7 Å². The molecule has 0 spiro atoms. The van der Waals surface area contributed by atoms with Gasteiger partial charge < -0.3 is 20.6 Å². The van der Waals surface area contributed by atoms with Crippen LogP contribution < -0.4 is 10.6 Å². The first-order valence-electron chi connectivity index (χ1n) is 11.3. The lowest BCUT2D eigenvalue weighted by atomic mass is 10.0. The zero-order valence-electron chi connectivity index (χ0n) is 19.4. The van der Waals surface area contributed by atoms with Crippen molar-refractivity contribution < 1.29 is 23.9 Å². The van der Waals surface area contributed by atoms with Gasteiger partial charge in [0.05, 0.1) is 11.3 Å². The number of carboxylic acids is 1. The minimum absolute atomic E-state index is 0.0268. The van der Waals surface area contributed by atoms with Crippen molar-refractivity contribution in [1.29, 1.82) is 0 Å². The van der Waals surface area contributed by atoms with Crippen LogP contribution in [0.1, 0.15) is 48.5 Å². The van der Waals surface area contributed by atoms with E-state index in [9.17, 15) is 18.8 Å². The van der Waals surface area contributed by atoms with Gasteiger partial charge in [-0.3, -0.25) is 4.79 Å². The van der Waals surface area contributed by atoms with Crippen LogP contribution in [0.5, 0.6) is 0 Å². The molecule has 1 saturated heterocycles. The number of hydrogen-bond acceptors (Lipinski definition) is 4. The first-order chi connectivity index (χ1) is 16.7. The summed E-state index contributed by atoms with van der Waals surface area (Å²) in [4.78, 5) is 38.2. The van der Waals surface area contributed by atoms with Crippen LogP contribution in [0.4, 0.5) is 20.7 Å². The molecular weight excluding hydrogens is 453 g/mol. The second kappa shape index (κ2) is 9.96. The molecular formula is C25H26FN5O4. The summed E-state index contributed by atoms with van der Waals surface area (Å²) < 4.78 is 15.8. The van der Waals surface area contributed by atoms with Gasteiger partial charge >= 0.3 is 12.0 Å². The molecule has 1 aliphatic rings. The normalized spacial score (nSPS) is 15.3. The lowest BCUT2D eigenvalue weighted by molar-refractivity contribution is -0.119. The number of hydrogen-bond donors (Lipinski definition) is 3. The maximum absolute atomic E-state index is 14.3. The first-order valence-corrected chi connectivity index (χ1v) is 11.3. The highest BCUT2D eigenvalue weighted by molar-refractivity contribution is 5.99. The van der Waals surface area contributed by atoms with Crippen molar-refractivity contribution in [3.05, 3.63) is 71.7 Å². The van der Waals surface area contributed by atoms with E-state index in [0.29, 0.717) is 42.1 Å². The van der Waals surface area contributed by atoms with Gasteiger partial charge in [0.25, 0.3) is 0 Å². The molecule has 182 valence electrons. The molecule has 2 heterocycles. The predicted octanol–water partition coefficient (Wildman–Crippen LogP) is 4.47. The number of amides is 3. The summed E-state index contributed by atoms with van der Waals surface area (Å²) in [7, 11) is 0. The molecule has 0 radical (unpaired) electrons. The summed E-state index contributed by atoms with van der Waals surface area (Å²) in [6, 6.07) is 11.2. The Kier molecular flexibility index (Phi) is 6.81. The second-order valence-electron chi connectivity index (χ2n) is 8.66. The van der Waals surface area contributed by atoms with Gasteiger partial charge in [-0.05, 0) is 60.7 Å². The number of benzene rings is 2. The average molecular weight is 480 g/mol. The maximum atomic E-state index is 14.3. The maximum Gasteiger partial charge on any atom is 0.335 e. The molecule has 0 saturated carbocycles. The molecule has 10 heteroatoms. The number of aromatic carboxylic acids is 1. The summed E-state index contributed by atoms with van der Waals surface area (Å²) in [6.45, 7) is 4.19. The van der Waals surface area contributed by atoms with Gasteiger partial charge in [0, 0.05) is 24.5 Å². The van der Waals surface area contributed by atoms with E-state index < -0.39 is 18.0 Å². The SMILES string of the molecule is CC(C)c1ccc(NC(=O)N2CCC[C@H]2C(=O)Nc2ccn(-c3ccc(C(=O)O)cc3)n2)cc1F. The Morgan fingerprint density at radius 1 is 1.09 bits per heavy atom. The number of rotatable bonds is 6. The van der Waals surface area contributed by atoms with Crippen LogP contribution in [-0.4, -0.2) is 50.3 Å². The van der Waals surface area contributed by atoms with Gasteiger partial charge in [0.1, 0.15) is 11.9 Å². The summed E-state index contributed by atoms with van der Waals surface area (Å²) in [5, 5.41) is 18.8. The highest BCUT2D eigenvalue weighted by Gasteiger charge is 2.34. The van der Waals surface area contributed by atoms with E-state index in [1.54, 1.807) is 36.5 Å². The number of nitrogens with one attached hydrogen (secondary N) is 2. The highest BCUT2D eigenvalue weighted by Crippen LogP contribution is 2.24. The second-order valence-corrected chi connectivity index (χ2v) is 8.66. The fourth-order valence-corrected chi connectivity index (χ4v) is 4.05. The Balaban J connectivity index is 1.40. The first kappa shape index (κ1) is 23.9. The van der Waals surface area contributed by atoms with Crippen LogP contribution in [0.3, 0.4) is 0 Å². The minimum Gasteiger partial charge on any atom is -0.478 e. The Labute approximate surface area is 201 Å². The molecule has 1 aromatic heterocycles. The minimum atomic E-state index is -1.02. The molecule has 3 aromatic rings. The highest BCUT2D eigenvalue weighted by atomic mass is 19.1. The van der Waals surface area contributed by atoms with Gasteiger partial charge in [0.2, 0.25) is 5.91 Å². The Bertz CT molecular complexity index is 1250. The molecule has 1 atom stereocenters. The van der Waals surface area contributed by atoms with Gasteiger partial charge in [-0.2, -0.15) is 5.10 Å². The van der Waals surface area contributed by atoms with E-state index >= 15 is 0 Å². The third kappa shape index (κ3) is 5.32.